The first-order valence-corrected chi connectivity index (χ1v) is 7.51. The predicted molar refractivity (Wildman–Crippen MR) is 75.7 cm³/mol. The topological polar surface area (TPSA) is 25.2 Å². The first-order chi connectivity index (χ1) is 8.69. The summed E-state index contributed by atoms with van der Waals surface area (Å²) in [6.45, 7) is 7.86. The van der Waals surface area contributed by atoms with Gasteiger partial charge < -0.3 is 9.73 Å². The Morgan fingerprint density at radius 1 is 1.28 bits per heavy atom. The van der Waals surface area contributed by atoms with Gasteiger partial charge in [-0.25, -0.2) is 0 Å². The molecule has 2 nitrogen and oxygen atoms in total. The van der Waals surface area contributed by atoms with Crippen LogP contribution in [-0.4, -0.2) is 6.54 Å². The van der Waals surface area contributed by atoms with Crippen LogP contribution >= 0.6 is 0 Å². The zero-order valence-corrected chi connectivity index (χ0v) is 12.1. The highest BCUT2D eigenvalue weighted by molar-refractivity contribution is 5.14. The van der Waals surface area contributed by atoms with E-state index in [1.807, 2.05) is 0 Å². The van der Waals surface area contributed by atoms with E-state index in [0.29, 0.717) is 11.5 Å². The molecule has 1 N–H and O–H groups in total. The molecule has 1 atom stereocenters. The minimum atomic E-state index is 0.373. The second kappa shape index (κ2) is 5.92. The fraction of sp³-hybridized carbons (Fsp3) is 0.750. The van der Waals surface area contributed by atoms with Gasteiger partial charge in [-0.2, -0.15) is 0 Å². The summed E-state index contributed by atoms with van der Waals surface area (Å²) in [5.41, 5.74) is 0.373. The lowest BCUT2D eigenvalue weighted by atomic mass is 9.79. The Morgan fingerprint density at radius 3 is 2.56 bits per heavy atom. The maximum absolute atomic E-state index is 6.01. The van der Waals surface area contributed by atoms with Gasteiger partial charge in [0.25, 0.3) is 0 Å². The second-order valence-electron chi connectivity index (χ2n) is 5.91. The molecule has 0 radical (unpaired) electrons. The van der Waals surface area contributed by atoms with Crippen LogP contribution in [0.1, 0.15) is 70.4 Å². The largest absolute Gasteiger partial charge is 0.464 e. The molecule has 1 heterocycles. The van der Waals surface area contributed by atoms with E-state index in [2.05, 4.69) is 38.2 Å². The van der Waals surface area contributed by atoms with Crippen LogP contribution in [0.5, 0.6) is 0 Å². The summed E-state index contributed by atoms with van der Waals surface area (Å²) < 4.78 is 6.01. The van der Waals surface area contributed by atoms with Crippen LogP contribution in [0.4, 0.5) is 0 Å². The zero-order chi connectivity index (χ0) is 13.0. The van der Waals surface area contributed by atoms with Gasteiger partial charge in [-0.15, -0.1) is 0 Å². The van der Waals surface area contributed by atoms with Crippen LogP contribution in [0.15, 0.2) is 16.5 Å². The average Bonchev–Trinajstić information content (AvgIpc) is 2.99. The van der Waals surface area contributed by atoms with Gasteiger partial charge in [-0.05, 0) is 43.4 Å². The van der Waals surface area contributed by atoms with Crippen molar-refractivity contribution < 1.29 is 4.42 Å². The van der Waals surface area contributed by atoms with Gasteiger partial charge in [0.15, 0.2) is 0 Å². The third-order valence-corrected chi connectivity index (χ3v) is 4.36. The van der Waals surface area contributed by atoms with Crippen molar-refractivity contribution in [2.24, 2.45) is 5.41 Å². The molecular weight excluding hydrogens is 222 g/mol. The van der Waals surface area contributed by atoms with E-state index in [-0.39, 0.29) is 0 Å². The highest BCUT2D eigenvalue weighted by Gasteiger charge is 2.39. The van der Waals surface area contributed by atoms with Gasteiger partial charge >= 0.3 is 0 Å². The van der Waals surface area contributed by atoms with E-state index in [1.54, 1.807) is 0 Å². The monoisotopic (exact) mass is 249 g/mol. The van der Waals surface area contributed by atoms with Gasteiger partial charge in [-0.1, -0.05) is 33.6 Å². The maximum atomic E-state index is 6.01. The molecule has 1 fully saturated rings. The molecule has 0 spiro atoms. The first kappa shape index (κ1) is 13.7. The van der Waals surface area contributed by atoms with Crippen LogP contribution in [-0.2, 0) is 6.42 Å². The Morgan fingerprint density at radius 2 is 2.00 bits per heavy atom. The van der Waals surface area contributed by atoms with Gasteiger partial charge in [0.1, 0.15) is 11.5 Å². The van der Waals surface area contributed by atoms with Crippen molar-refractivity contribution in [2.45, 2.75) is 65.3 Å². The van der Waals surface area contributed by atoms with E-state index in [1.165, 1.54) is 32.1 Å². The van der Waals surface area contributed by atoms with E-state index < -0.39 is 0 Å². The molecule has 1 saturated carbocycles. The van der Waals surface area contributed by atoms with Crippen molar-refractivity contribution in [3.8, 4) is 0 Å². The van der Waals surface area contributed by atoms with Crippen LogP contribution in [0.25, 0.3) is 0 Å². The van der Waals surface area contributed by atoms with Crippen molar-refractivity contribution >= 4 is 0 Å². The molecule has 0 aliphatic heterocycles. The van der Waals surface area contributed by atoms with Gasteiger partial charge in [0, 0.05) is 6.42 Å². The molecule has 102 valence electrons. The lowest BCUT2D eigenvalue weighted by Crippen LogP contribution is -2.34. The summed E-state index contributed by atoms with van der Waals surface area (Å²) in [4.78, 5) is 0. The summed E-state index contributed by atoms with van der Waals surface area (Å²) in [5.74, 6) is 2.25. The summed E-state index contributed by atoms with van der Waals surface area (Å²) in [7, 11) is 0. The highest BCUT2D eigenvalue weighted by Crippen LogP contribution is 2.47. The summed E-state index contributed by atoms with van der Waals surface area (Å²) in [6.07, 6.45) is 7.52. The maximum Gasteiger partial charge on any atom is 0.121 e. The van der Waals surface area contributed by atoms with E-state index >= 15 is 0 Å². The van der Waals surface area contributed by atoms with E-state index in [9.17, 15) is 0 Å². The molecule has 1 unspecified atom stereocenters. The van der Waals surface area contributed by atoms with Gasteiger partial charge in [-0.3, -0.25) is 0 Å². The average molecular weight is 249 g/mol. The van der Waals surface area contributed by atoms with Crippen LogP contribution in [0.3, 0.4) is 0 Å². The van der Waals surface area contributed by atoms with Gasteiger partial charge in [0.2, 0.25) is 0 Å². The molecule has 2 rings (SSSR count). The predicted octanol–water partition coefficient (Wildman–Crippen LogP) is 4.46. The van der Waals surface area contributed by atoms with Crippen molar-refractivity contribution in [2.75, 3.05) is 6.54 Å². The van der Waals surface area contributed by atoms with Crippen LogP contribution in [0, 0.1) is 5.41 Å². The second-order valence-corrected chi connectivity index (χ2v) is 5.91. The standard InChI is InChI=1S/C16H27NO/c1-4-12-17-15(16(3)10-6-7-11-16)14-9-8-13(5-2)18-14/h8-9,15,17H,4-7,10-12H2,1-3H3. The number of aryl methyl sites for hydroxylation is 1. The summed E-state index contributed by atoms with van der Waals surface area (Å²) >= 11 is 0. The Kier molecular flexibility index (Phi) is 4.50. The Labute approximate surface area is 111 Å². The minimum Gasteiger partial charge on any atom is -0.464 e. The molecule has 1 aromatic rings. The first-order valence-electron chi connectivity index (χ1n) is 7.51. The van der Waals surface area contributed by atoms with Crippen molar-refractivity contribution in [3.63, 3.8) is 0 Å². The zero-order valence-electron chi connectivity index (χ0n) is 12.1. The van der Waals surface area contributed by atoms with E-state index in [0.717, 1.165) is 24.5 Å². The number of nitrogens with one attached hydrogen (secondary N) is 1. The quantitative estimate of drug-likeness (QED) is 0.805. The molecule has 1 aliphatic rings. The number of rotatable bonds is 6. The van der Waals surface area contributed by atoms with Crippen LogP contribution in [0.2, 0.25) is 0 Å². The molecule has 0 saturated heterocycles. The third-order valence-electron chi connectivity index (χ3n) is 4.36. The SMILES string of the molecule is CCCNC(c1ccc(CC)o1)C1(C)CCCC1. The molecule has 1 aromatic heterocycles. The molecular formula is C16H27NO. The Balaban J connectivity index is 2.18. The molecule has 0 amide bonds. The molecule has 1 aliphatic carbocycles. The Bertz CT molecular complexity index is 363. The highest BCUT2D eigenvalue weighted by atomic mass is 16.3. The lowest BCUT2D eigenvalue weighted by molar-refractivity contribution is 0.195. The van der Waals surface area contributed by atoms with Gasteiger partial charge in [0.05, 0.1) is 6.04 Å². The number of furan rings is 1. The summed E-state index contributed by atoms with van der Waals surface area (Å²) in [6, 6.07) is 4.70. The molecule has 0 bridgehead atoms. The Hall–Kier alpha value is -0.760. The third kappa shape index (κ3) is 2.80. The minimum absolute atomic E-state index is 0.373. The molecule has 0 aromatic carbocycles. The fourth-order valence-electron chi connectivity index (χ4n) is 3.19. The fourth-order valence-corrected chi connectivity index (χ4v) is 3.19. The normalized spacial score (nSPS) is 20.2. The number of hydrogen-bond acceptors (Lipinski definition) is 2. The van der Waals surface area contributed by atoms with Crippen LogP contribution < -0.4 is 5.32 Å². The smallest absolute Gasteiger partial charge is 0.121 e. The van der Waals surface area contributed by atoms with Crippen molar-refractivity contribution in [1.82, 2.24) is 5.32 Å². The molecule has 18 heavy (non-hydrogen) atoms. The van der Waals surface area contributed by atoms with E-state index in [4.69, 9.17) is 4.42 Å². The number of hydrogen-bond donors (Lipinski definition) is 1. The van der Waals surface area contributed by atoms with Crippen molar-refractivity contribution in [3.05, 3.63) is 23.7 Å². The summed E-state index contributed by atoms with van der Waals surface area (Å²) in [5, 5.41) is 3.71. The molecule has 2 heteroatoms. The van der Waals surface area contributed by atoms with Crippen molar-refractivity contribution in [1.29, 1.82) is 0 Å². The lowest BCUT2D eigenvalue weighted by Gasteiger charge is -2.33.